The molecular weight excluding hydrogens is 316 g/mol. The van der Waals surface area contributed by atoms with Crippen molar-refractivity contribution in [2.45, 2.75) is 16.8 Å². The molecule has 9 heteroatoms. The average Bonchev–Trinajstić information content (AvgIpc) is 2.91. The molecule has 6 nitrogen and oxygen atoms in total. The number of hydrogen-bond donors (Lipinski definition) is 2. The third-order valence-electron chi connectivity index (χ3n) is 3.03. The van der Waals surface area contributed by atoms with Crippen molar-refractivity contribution in [1.82, 2.24) is 9.78 Å². The Morgan fingerprint density at radius 2 is 1.95 bits per heavy atom. The molecule has 1 aromatic carbocycles. The van der Waals surface area contributed by atoms with Gasteiger partial charge in [-0.3, -0.25) is 4.68 Å². The predicted octanol–water partition coefficient (Wildman–Crippen LogP) is 1.56. The highest BCUT2D eigenvalue weighted by Crippen LogP contribution is 2.21. The molecule has 0 saturated carbocycles. The van der Waals surface area contributed by atoms with Gasteiger partial charge in [0.05, 0.1) is 17.2 Å². The van der Waals surface area contributed by atoms with Crippen LogP contribution in [0.4, 0.5) is 14.5 Å². The molecule has 0 saturated heterocycles. The maximum atomic E-state index is 12.4. The quantitative estimate of drug-likeness (QED) is 0.839. The summed E-state index contributed by atoms with van der Waals surface area (Å²) in [5, 5.41) is 16.8. The molecule has 1 atom stereocenters. The number of nitrogens with one attached hydrogen (secondary N) is 1. The van der Waals surface area contributed by atoms with Crippen molar-refractivity contribution in [1.29, 1.82) is 0 Å². The van der Waals surface area contributed by atoms with Gasteiger partial charge in [-0.15, -0.1) is 0 Å². The number of aryl methyl sites for hydroxylation is 1. The standard InChI is InChI=1S/C13H15F2N3O3S/c1-18-8-9(6-17-18)12(19)7-16-10-2-4-11(5-3-10)22(20,21)13(14)15/h2-6,8,12-13,16,19H,7H2,1H3. The number of benzene rings is 1. The van der Waals surface area contributed by atoms with Crippen LogP contribution in [0.25, 0.3) is 0 Å². The molecule has 0 aliphatic heterocycles. The highest BCUT2D eigenvalue weighted by molar-refractivity contribution is 7.91. The number of halogens is 2. The van der Waals surface area contributed by atoms with Crippen LogP contribution in [0.2, 0.25) is 0 Å². The number of nitrogens with zero attached hydrogens (tertiary/aromatic N) is 2. The lowest BCUT2D eigenvalue weighted by molar-refractivity contribution is 0.191. The molecule has 0 radical (unpaired) electrons. The van der Waals surface area contributed by atoms with E-state index in [1.54, 1.807) is 17.9 Å². The lowest BCUT2D eigenvalue weighted by Gasteiger charge is -2.11. The van der Waals surface area contributed by atoms with Crippen LogP contribution in [-0.2, 0) is 16.9 Å². The fourth-order valence-corrected chi connectivity index (χ4v) is 2.53. The van der Waals surface area contributed by atoms with Crippen molar-refractivity contribution in [3.05, 3.63) is 42.2 Å². The van der Waals surface area contributed by atoms with Crippen LogP contribution in [-0.4, -0.2) is 35.6 Å². The Morgan fingerprint density at radius 3 is 2.45 bits per heavy atom. The summed E-state index contributed by atoms with van der Waals surface area (Å²) in [4.78, 5) is -0.444. The van der Waals surface area contributed by atoms with Gasteiger partial charge in [0.2, 0.25) is 9.84 Å². The number of rotatable bonds is 6. The molecule has 0 bridgehead atoms. The Labute approximate surface area is 126 Å². The minimum absolute atomic E-state index is 0.173. The summed E-state index contributed by atoms with van der Waals surface area (Å²) in [6.07, 6.45) is 2.41. The third-order valence-corrected chi connectivity index (χ3v) is 4.42. The summed E-state index contributed by atoms with van der Waals surface area (Å²) >= 11 is 0. The van der Waals surface area contributed by atoms with Crippen molar-refractivity contribution >= 4 is 15.5 Å². The molecule has 2 N–H and O–H groups in total. The lowest BCUT2D eigenvalue weighted by Crippen LogP contribution is -2.13. The maximum absolute atomic E-state index is 12.4. The highest BCUT2D eigenvalue weighted by atomic mass is 32.2. The zero-order valence-corrected chi connectivity index (χ0v) is 12.5. The number of sulfone groups is 1. The van der Waals surface area contributed by atoms with E-state index in [1.165, 1.54) is 18.3 Å². The summed E-state index contributed by atoms with van der Waals surface area (Å²) < 4.78 is 48.9. The number of aliphatic hydroxyl groups is 1. The Bertz CT molecular complexity index is 729. The zero-order chi connectivity index (χ0) is 16.3. The number of aliphatic hydroxyl groups excluding tert-OH is 1. The summed E-state index contributed by atoms with van der Waals surface area (Å²) in [6, 6.07) is 4.93. The van der Waals surface area contributed by atoms with E-state index in [0.29, 0.717) is 11.3 Å². The topological polar surface area (TPSA) is 84.2 Å². The number of aromatic nitrogens is 2. The van der Waals surface area contributed by atoms with E-state index in [2.05, 4.69) is 10.4 Å². The first kappa shape index (κ1) is 16.4. The maximum Gasteiger partial charge on any atom is 0.341 e. The van der Waals surface area contributed by atoms with Gasteiger partial charge in [-0.05, 0) is 24.3 Å². The van der Waals surface area contributed by atoms with Gasteiger partial charge >= 0.3 is 5.76 Å². The smallest absolute Gasteiger partial charge is 0.341 e. The van der Waals surface area contributed by atoms with Gasteiger partial charge in [0.15, 0.2) is 0 Å². The van der Waals surface area contributed by atoms with Gasteiger partial charge < -0.3 is 10.4 Å². The van der Waals surface area contributed by atoms with E-state index in [0.717, 1.165) is 12.1 Å². The van der Waals surface area contributed by atoms with E-state index < -0.39 is 26.6 Å². The monoisotopic (exact) mass is 331 g/mol. The molecule has 1 heterocycles. The van der Waals surface area contributed by atoms with Gasteiger partial charge in [0.25, 0.3) is 0 Å². The first-order valence-electron chi connectivity index (χ1n) is 6.33. The molecule has 1 unspecified atom stereocenters. The second-order valence-corrected chi connectivity index (χ2v) is 6.59. The Hall–Kier alpha value is -2.00. The third kappa shape index (κ3) is 3.60. The number of alkyl halides is 2. The van der Waals surface area contributed by atoms with Crippen molar-refractivity contribution in [3.8, 4) is 0 Å². The van der Waals surface area contributed by atoms with Crippen LogP contribution in [0.5, 0.6) is 0 Å². The van der Waals surface area contributed by atoms with E-state index in [4.69, 9.17) is 0 Å². The molecular formula is C13H15F2N3O3S. The van der Waals surface area contributed by atoms with Crippen molar-refractivity contribution in [2.24, 2.45) is 7.05 Å². The van der Waals surface area contributed by atoms with Gasteiger partial charge in [-0.25, -0.2) is 8.42 Å². The average molecular weight is 331 g/mol. The highest BCUT2D eigenvalue weighted by Gasteiger charge is 2.26. The molecule has 120 valence electrons. The first-order chi connectivity index (χ1) is 10.3. The minimum atomic E-state index is -4.59. The Balaban J connectivity index is 2.00. The van der Waals surface area contributed by atoms with Crippen LogP contribution in [0.3, 0.4) is 0 Å². The molecule has 2 rings (SSSR count). The summed E-state index contributed by atoms with van der Waals surface area (Å²) in [6.45, 7) is 0.173. The first-order valence-corrected chi connectivity index (χ1v) is 7.88. The molecule has 2 aromatic rings. The second-order valence-electron chi connectivity index (χ2n) is 4.67. The van der Waals surface area contributed by atoms with E-state index in [1.807, 2.05) is 0 Å². The minimum Gasteiger partial charge on any atom is -0.386 e. The van der Waals surface area contributed by atoms with Crippen LogP contribution in [0, 0.1) is 0 Å². The molecule has 0 amide bonds. The van der Waals surface area contributed by atoms with Gasteiger partial charge in [-0.2, -0.15) is 13.9 Å². The lowest BCUT2D eigenvalue weighted by atomic mass is 10.2. The van der Waals surface area contributed by atoms with E-state index in [-0.39, 0.29) is 6.54 Å². The fourth-order valence-electron chi connectivity index (χ4n) is 1.81. The summed E-state index contributed by atoms with van der Waals surface area (Å²) in [5.41, 5.74) is 1.14. The van der Waals surface area contributed by atoms with Gasteiger partial charge in [-0.1, -0.05) is 0 Å². The normalized spacial score (nSPS) is 13.3. The van der Waals surface area contributed by atoms with Crippen LogP contribution < -0.4 is 5.32 Å². The van der Waals surface area contributed by atoms with Crippen molar-refractivity contribution in [2.75, 3.05) is 11.9 Å². The SMILES string of the molecule is Cn1cc(C(O)CNc2ccc(S(=O)(=O)C(F)F)cc2)cn1. The zero-order valence-electron chi connectivity index (χ0n) is 11.6. The molecule has 22 heavy (non-hydrogen) atoms. The van der Waals surface area contributed by atoms with Gasteiger partial charge in [0.1, 0.15) is 0 Å². The molecule has 0 spiro atoms. The van der Waals surface area contributed by atoms with Crippen LogP contribution in [0.15, 0.2) is 41.6 Å². The number of hydrogen-bond acceptors (Lipinski definition) is 5. The number of anilines is 1. The summed E-state index contributed by atoms with van der Waals surface area (Å²) in [7, 11) is -2.86. The molecule has 1 aromatic heterocycles. The fraction of sp³-hybridized carbons (Fsp3) is 0.308. The summed E-state index contributed by atoms with van der Waals surface area (Å²) in [5.74, 6) is -3.45. The second kappa shape index (κ2) is 6.41. The molecule has 0 aliphatic carbocycles. The van der Waals surface area contributed by atoms with Crippen LogP contribution in [0.1, 0.15) is 11.7 Å². The van der Waals surface area contributed by atoms with E-state index in [9.17, 15) is 22.3 Å². The molecule has 0 aliphatic rings. The molecule has 0 fully saturated rings. The van der Waals surface area contributed by atoms with Gasteiger partial charge in [0, 0.05) is 31.0 Å². The van der Waals surface area contributed by atoms with Crippen molar-refractivity contribution in [3.63, 3.8) is 0 Å². The Kier molecular flexibility index (Phi) is 4.77. The predicted molar refractivity (Wildman–Crippen MR) is 76.3 cm³/mol. The largest absolute Gasteiger partial charge is 0.386 e. The van der Waals surface area contributed by atoms with Crippen molar-refractivity contribution < 1.29 is 22.3 Å². The van der Waals surface area contributed by atoms with Crippen LogP contribution >= 0.6 is 0 Å². The van der Waals surface area contributed by atoms with E-state index >= 15 is 0 Å². The Morgan fingerprint density at radius 1 is 1.32 bits per heavy atom.